The van der Waals surface area contributed by atoms with E-state index in [1.165, 1.54) is 122 Å². The Morgan fingerprint density at radius 3 is 1.71 bits per heavy atom. The molecule has 0 bridgehead atoms. The van der Waals surface area contributed by atoms with E-state index in [4.69, 9.17) is 0 Å². The van der Waals surface area contributed by atoms with E-state index in [0.29, 0.717) is 0 Å². The molecule has 1 aliphatic heterocycles. The van der Waals surface area contributed by atoms with Crippen LogP contribution in [0.5, 0.6) is 0 Å². The largest absolute Gasteiger partial charge is 0.309 e. The molecule has 0 spiro atoms. The Labute approximate surface area is 342 Å². The summed E-state index contributed by atoms with van der Waals surface area (Å²) >= 11 is 0. The molecule has 11 aromatic rings. The summed E-state index contributed by atoms with van der Waals surface area (Å²) in [6, 6.07) is 72.5. The van der Waals surface area contributed by atoms with Crippen molar-refractivity contribution >= 4 is 43.6 Å². The fourth-order valence-electron chi connectivity index (χ4n) is 10.7. The lowest BCUT2D eigenvalue weighted by molar-refractivity contribution is 0.660. The first kappa shape index (κ1) is 32.6. The summed E-state index contributed by atoms with van der Waals surface area (Å²) < 4.78 is 4.98. The topological polar surface area (TPSA) is 9.86 Å². The molecule has 3 heterocycles. The van der Waals surface area contributed by atoms with Crippen LogP contribution in [0.4, 0.5) is 0 Å². The zero-order chi connectivity index (χ0) is 39.0. The molecule has 276 valence electrons. The quantitative estimate of drug-likeness (QED) is 0.170. The highest BCUT2D eigenvalue weighted by Crippen LogP contribution is 2.51. The zero-order valence-electron chi connectivity index (χ0n) is 32.9. The summed E-state index contributed by atoms with van der Waals surface area (Å²) in [6.07, 6.45) is 0. The molecular weight excluding hydrogens is 713 g/mol. The lowest BCUT2D eigenvalue weighted by Gasteiger charge is -2.22. The van der Waals surface area contributed by atoms with E-state index >= 15 is 0 Å². The van der Waals surface area contributed by atoms with E-state index in [0.717, 1.165) is 0 Å². The molecule has 2 nitrogen and oxygen atoms in total. The molecule has 59 heavy (non-hydrogen) atoms. The van der Waals surface area contributed by atoms with Crippen molar-refractivity contribution < 1.29 is 0 Å². The van der Waals surface area contributed by atoms with E-state index in [-0.39, 0.29) is 5.41 Å². The molecule has 0 radical (unpaired) electrons. The molecule has 0 atom stereocenters. The number of nitrogens with zero attached hydrogens (tertiary/aromatic N) is 2. The molecule has 0 saturated carbocycles. The predicted octanol–water partition coefficient (Wildman–Crippen LogP) is 15.2. The van der Waals surface area contributed by atoms with Gasteiger partial charge in [0.05, 0.1) is 27.8 Å². The SMILES string of the molecule is CC1(C)c2ccccc2-c2ccc(-n3c4ccccc4c4cc(-c5cc6c7c(c5)c5ccccc5n7-c5ccc(-c7ccccc7)cc5-c5ccccc5-6)ccc43)cc21. The van der Waals surface area contributed by atoms with Gasteiger partial charge in [-0.05, 0) is 116 Å². The van der Waals surface area contributed by atoms with Crippen LogP contribution in [0.15, 0.2) is 194 Å². The number of para-hydroxylation sites is 2. The Hall–Kier alpha value is -7.42. The number of benzene rings is 9. The summed E-state index contributed by atoms with van der Waals surface area (Å²) in [6.45, 7) is 4.73. The van der Waals surface area contributed by atoms with Crippen LogP contribution < -0.4 is 0 Å². The van der Waals surface area contributed by atoms with Crippen molar-refractivity contribution in [2.45, 2.75) is 19.3 Å². The normalized spacial score (nSPS) is 13.4. The first-order chi connectivity index (χ1) is 29.0. The number of hydrogen-bond acceptors (Lipinski definition) is 0. The maximum atomic E-state index is 2.51. The Morgan fingerprint density at radius 2 is 0.898 bits per heavy atom. The summed E-state index contributed by atoms with van der Waals surface area (Å²) in [4.78, 5) is 0. The van der Waals surface area contributed by atoms with Crippen molar-refractivity contribution in [1.82, 2.24) is 9.13 Å². The smallest absolute Gasteiger partial charge is 0.0620 e. The minimum atomic E-state index is -0.0705. The second-order valence-corrected chi connectivity index (χ2v) is 16.9. The monoisotopic (exact) mass is 750 g/mol. The van der Waals surface area contributed by atoms with Gasteiger partial charge in [0.1, 0.15) is 0 Å². The summed E-state index contributed by atoms with van der Waals surface area (Å²) in [5, 5.41) is 5.06. The lowest BCUT2D eigenvalue weighted by atomic mass is 9.82. The summed E-state index contributed by atoms with van der Waals surface area (Å²) in [5.41, 5.74) is 22.6. The Bertz CT molecular complexity index is 3580. The second-order valence-electron chi connectivity index (χ2n) is 16.9. The van der Waals surface area contributed by atoms with Crippen molar-refractivity contribution in [3.05, 3.63) is 205 Å². The molecule has 2 aliphatic rings. The molecule has 1 aliphatic carbocycles. The van der Waals surface area contributed by atoms with Crippen LogP contribution in [-0.2, 0) is 5.41 Å². The average Bonchev–Trinajstić information content (AvgIpc) is 3.85. The first-order valence-electron chi connectivity index (χ1n) is 20.7. The van der Waals surface area contributed by atoms with Crippen molar-refractivity contribution in [3.63, 3.8) is 0 Å². The highest BCUT2D eigenvalue weighted by molar-refractivity contribution is 6.18. The molecule has 0 unspecified atom stereocenters. The van der Waals surface area contributed by atoms with Crippen LogP contribution in [-0.4, -0.2) is 9.13 Å². The molecule has 0 fully saturated rings. The van der Waals surface area contributed by atoms with Gasteiger partial charge in [0.15, 0.2) is 0 Å². The van der Waals surface area contributed by atoms with Crippen LogP contribution in [0.3, 0.4) is 0 Å². The van der Waals surface area contributed by atoms with Crippen LogP contribution in [0.2, 0.25) is 0 Å². The molecule has 0 amide bonds. The number of hydrogen-bond donors (Lipinski definition) is 0. The Morgan fingerprint density at radius 1 is 0.322 bits per heavy atom. The molecule has 9 aromatic carbocycles. The lowest BCUT2D eigenvalue weighted by Crippen LogP contribution is -2.15. The van der Waals surface area contributed by atoms with Crippen molar-refractivity contribution in [2.24, 2.45) is 0 Å². The highest BCUT2D eigenvalue weighted by atomic mass is 15.0. The van der Waals surface area contributed by atoms with E-state index in [1.807, 2.05) is 0 Å². The van der Waals surface area contributed by atoms with Gasteiger partial charge in [0, 0.05) is 43.8 Å². The molecule has 13 rings (SSSR count). The van der Waals surface area contributed by atoms with Gasteiger partial charge in [0.25, 0.3) is 0 Å². The Balaban J connectivity index is 1.03. The van der Waals surface area contributed by atoms with Gasteiger partial charge < -0.3 is 9.13 Å². The summed E-state index contributed by atoms with van der Waals surface area (Å²) in [5.74, 6) is 0. The standard InChI is InChI=1S/C57H38N2/c1-57(2)50-21-11-8-18-42(50)43-27-26-39(34-51(43)57)58-52-22-12-9-19-44(52)47-31-37(25-28-54(47)58)38-32-48-41-17-7-6-16-40(41)46-30-36(35-14-4-3-5-15-35)24-29-55(46)59-53-23-13-10-20-45(53)49(33-38)56(48)59/h3-34H,1-2H3. The maximum absolute atomic E-state index is 2.51. The third-order valence-corrected chi connectivity index (χ3v) is 13.5. The number of rotatable bonds is 3. The molecular formula is C57H38N2. The van der Waals surface area contributed by atoms with Gasteiger partial charge in [-0.1, -0.05) is 147 Å². The van der Waals surface area contributed by atoms with Gasteiger partial charge in [0.2, 0.25) is 0 Å². The van der Waals surface area contributed by atoms with Crippen molar-refractivity contribution in [3.8, 4) is 67.0 Å². The van der Waals surface area contributed by atoms with Crippen molar-refractivity contribution in [2.75, 3.05) is 0 Å². The first-order valence-corrected chi connectivity index (χ1v) is 20.7. The fraction of sp³-hybridized carbons (Fsp3) is 0.0526. The highest BCUT2D eigenvalue weighted by Gasteiger charge is 2.35. The van der Waals surface area contributed by atoms with Crippen LogP contribution in [0, 0.1) is 0 Å². The minimum absolute atomic E-state index is 0.0705. The summed E-state index contributed by atoms with van der Waals surface area (Å²) in [7, 11) is 0. The maximum Gasteiger partial charge on any atom is 0.0620 e. The zero-order valence-corrected chi connectivity index (χ0v) is 32.9. The minimum Gasteiger partial charge on any atom is -0.309 e. The van der Waals surface area contributed by atoms with Crippen molar-refractivity contribution in [1.29, 1.82) is 0 Å². The van der Waals surface area contributed by atoms with Gasteiger partial charge in [-0.2, -0.15) is 0 Å². The average molecular weight is 751 g/mol. The number of aromatic nitrogens is 2. The fourth-order valence-corrected chi connectivity index (χ4v) is 10.7. The predicted molar refractivity (Wildman–Crippen MR) is 248 cm³/mol. The second kappa shape index (κ2) is 11.8. The van der Waals surface area contributed by atoms with Gasteiger partial charge in [-0.25, -0.2) is 0 Å². The third kappa shape index (κ3) is 4.46. The number of fused-ring (bicyclic) bond motifs is 14. The van der Waals surface area contributed by atoms with E-state index < -0.39 is 0 Å². The molecule has 0 N–H and O–H groups in total. The van der Waals surface area contributed by atoms with Crippen LogP contribution >= 0.6 is 0 Å². The van der Waals surface area contributed by atoms with E-state index in [9.17, 15) is 0 Å². The van der Waals surface area contributed by atoms with Gasteiger partial charge in [-0.15, -0.1) is 0 Å². The van der Waals surface area contributed by atoms with Gasteiger partial charge >= 0.3 is 0 Å². The van der Waals surface area contributed by atoms with E-state index in [2.05, 4.69) is 217 Å². The molecule has 2 aromatic heterocycles. The third-order valence-electron chi connectivity index (χ3n) is 13.5. The molecule has 2 heteroatoms. The van der Waals surface area contributed by atoms with E-state index in [1.54, 1.807) is 0 Å². The molecule has 0 saturated heterocycles. The van der Waals surface area contributed by atoms with Gasteiger partial charge in [-0.3, -0.25) is 0 Å². The van der Waals surface area contributed by atoms with Crippen LogP contribution in [0.25, 0.3) is 111 Å². The Kier molecular flexibility index (Phi) is 6.54. The van der Waals surface area contributed by atoms with Crippen LogP contribution in [0.1, 0.15) is 25.0 Å².